The number of rotatable bonds is 5. The van der Waals surface area contributed by atoms with Gasteiger partial charge in [-0.1, -0.05) is 17.7 Å². The highest BCUT2D eigenvalue weighted by Crippen LogP contribution is 2.32. The monoisotopic (exact) mass is 417 g/mol. The van der Waals surface area contributed by atoms with Crippen molar-refractivity contribution in [1.29, 1.82) is 0 Å². The molecule has 1 fully saturated rings. The number of likely N-dealkylation sites (tertiary alicyclic amines) is 1. The Labute approximate surface area is 179 Å². The zero-order valence-corrected chi connectivity index (χ0v) is 17.3. The van der Waals surface area contributed by atoms with E-state index in [2.05, 4.69) is 10.2 Å². The Morgan fingerprint density at radius 1 is 1.10 bits per heavy atom. The first kappa shape index (κ1) is 19.4. The molecule has 0 spiro atoms. The van der Waals surface area contributed by atoms with Gasteiger partial charge < -0.3 is 4.90 Å². The van der Waals surface area contributed by atoms with Gasteiger partial charge in [-0.05, 0) is 50.5 Å². The van der Waals surface area contributed by atoms with Gasteiger partial charge in [0.15, 0.2) is 11.5 Å². The van der Waals surface area contributed by atoms with Crippen LogP contribution < -0.4 is 0 Å². The minimum absolute atomic E-state index is 0.0163. The number of benzene rings is 1. The summed E-state index contributed by atoms with van der Waals surface area (Å²) in [5.74, 6) is 0.242. The summed E-state index contributed by atoms with van der Waals surface area (Å²) in [6, 6.07) is 10.9. The van der Waals surface area contributed by atoms with Gasteiger partial charge >= 0.3 is 0 Å². The number of aromatic nitrogens is 3. The Kier molecular flexibility index (Phi) is 4.77. The zero-order chi connectivity index (χ0) is 21.5. The summed E-state index contributed by atoms with van der Waals surface area (Å²) in [4.78, 5) is 41.3. The van der Waals surface area contributed by atoms with Crippen LogP contribution in [-0.4, -0.2) is 55.2 Å². The molecule has 8 nitrogen and oxygen atoms in total. The number of carbonyl (C=O) groups excluding carboxylic acids is 3. The van der Waals surface area contributed by atoms with Crippen LogP contribution in [-0.2, 0) is 4.79 Å². The highest BCUT2D eigenvalue weighted by molar-refractivity contribution is 6.21. The van der Waals surface area contributed by atoms with Crippen molar-refractivity contribution in [3.8, 4) is 0 Å². The maximum atomic E-state index is 13.0. The van der Waals surface area contributed by atoms with Crippen LogP contribution in [0.4, 0.5) is 0 Å². The van der Waals surface area contributed by atoms with E-state index < -0.39 is 0 Å². The summed E-state index contributed by atoms with van der Waals surface area (Å²) in [6.45, 7) is 2.81. The van der Waals surface area contributed by atoms with E-state index in [-0.39, 0.29) is 36.7 Å². The summed E-state index contributed by atoms with van der Waals surface area (Å²) >= 11 is 0. The zero-order valence-electron chi connectivity index (χ0n) is 17.3. The summed E-state index contributed by atoms with van der Waals surface area (Å²) in [5.41, 5.74) is 2.60. The third-order valence-electron chi connectivity index (χ3n) is 6.11. The van der Waals surface area contributed by atoms with E-state index in [4.69, 9.17) is 0 Å². The number of fused-ring (bicyclic) bond motifs is 2. The molecule has 8 heteroatoms. The number of nitrogens with zero attached hydrogens (tertiary/aromatic N) is 5. The van der Waals surface area contributed by atoms with Crippen LogP contribution in [0, 0.1) is 6.92 Å². The van der Waals surface area contributed by atoms with Gasteiger partial charge in [-0.3, -0.25) is 23.7 Å². The van der Waals surface area contributed by atoms with Gasteiger partial charge in [0, 0.05) is 25.7 Å². The molecule has 1 atom stereocenters. The number of amides is 3. The van der Waals surface area contributed by atoms with E-state index in [1.54, 1.807) is 12.1 Å². The van der Waals surface area contributed by atoms with Crippen molar-refractivity contribution < 1.29 is 14.4 Å². The number of aryl methyl sites for hydroxylation is 1. The molecule has 1 aromatic carbocycles. The lowest BCUT2D eigenvalue weighted by molar-refractivity contribution is -0.132. The molecule has 1 unspecified atom stereocenters. The average molecular weight is 417 g/mol. The standard InChI is InChI=1S/C23H23N5O3/c1-15-9-10-16-17(14-15)23(31)28(22(16)30)13-5-8-20(29)26-12-4-6-18(26)21-25-24-19-7-2-3-11-27(19)21/h2-3,7,9-11,14,18H,4-6,8,12-13H2,1H3. The van der Waals surface area contributed by atoms with Crippen LogP contribution in [0.1, 0.15) is 63.8 Å². The molecular formula is C23H23N5O3. The van der Waals surface area contributed by atoms with Crippen LogP contribution in [0.3, 0.4) is 0 Å². The third-order valence-corrected chi connectivity index (χ3v) is 6.11. The predicted octanol–water partition coefficient (Wildman–Crippen LogP) is 2.78. The van der Waals surface area contributed by atoms with E-state index in [1.165, 1.54) is 4.90 Å². The van der Waals surface area contributed by atoms with Crippen LogP contribution in [0.5, 0.6) is 0 Å². The Morgan fingerprint density at radius 3 is 2.81 bits per heavy atom. The highest BCUT2D eigenvalue weighted by atomic mass is 16.2. The number of carbonyl (C=O) groups is 3. The largest absolute Gasteiger partial charge is 0.332 e. The maximum absolute atomic E-state index is 13.0. The molecule has 0 bridgehead atoms. The lowest BCUT2D eigenvalue weighted by Crippen LogP contribution is -2.34. The van der Waals surface area contributed by atoms with Crippen molar-refractivity contribution in [2.24, 2.45) is 0 Å². The van der Waals surface area contributed by atoms with E-state index in [0.29, 0.717) is 24.1 Å². The molecule has 2 aliphatic rings. The first-order valence-corrected chi connectivity index (χ1v) is 10.6. The van der Waals surface area contributed by atoms with Crippen molar-refractivity contribution in [3.63, 3.8) is 0 Å². The molecular weight excluding hydrogens is 394 g/mol. The summed E-state index contributed by atoms with van der Waals surface area (Å²) in [6.07, 6.45) is 4.39. The minimum atomic E-state index is -0.276. The second-order valence-electron chi connectivity index (χ2n) is 8.15. The van der Waals surface area contributed by atoms with Gasteiger partial charge in [-0.25, -0.2) is 0 Å². The molecule has 4 heterocycles. The van der Waals surface area contributed by atoms with Gasteiger partial charge in [0.25, 0.3) is 11.8 Å². The fourth-order valence-electron chi connectivity index (χ4n) is 4.56. The molecule has 0 saturated carbocycles. The van der Waals surface area contributed by atoms with Crippen molar-refractivity contribution >= 4 is 23.4 Å². The Hall–Kier alpha value is -3.55. The molecule has 0 radical (unpaired) electrons. The van der Waals surface area contributed by atoms with E-state index in [9.17, 15) is 14.4 Å². The maximum Gasteiger partial charge on any atom is 0.261 e. The SMILES string of the molecule is Cc1ccc2c(c1)C(=O)N(CCCC(=O)N1CCCC1c1nnc3ccccn13)C2=O. The summed E-state index contributed by atoms with van der Waals surface area (Å²) < 4.78 is 1.93. The quantitative estimate of drug-likeness (QED) is 0.596. The predicted molar refractivity (Wildman–Crippen MR) is 112 cm³/mol. The first-order chi connectivity index (χ1) is 15.0. The van der Waals surface area contributed by atoms with Crippen LogP contribution in [0.15, 0.2) is 42.6 Å². The molecule has 0 N–H and O–H groups in total. The van der Waals surface area contributed by atoms with Crippen LogP contribution >= 0.6 is 0 Å². The van der Waals surface area contributed by atoms with Crippen molar-refractivity contribution in [2.45, 2.75) is 38.6 Å². The van der Waals surface area contributed by atoms with Crippen LogP contribution in [0.25, 0.3) is 5.65 Å². The van der Waals surface area contributed by atoms with E-state index in [1.807, 2.05) is 46.7 Å². The molecule has 5 rings (SSSR count). The summed E-state index contributed by atoms with van der Waals surface area (Å²) in [7, 11) is 0. The average Bonchev–Trinajstić information content (AvgIpc) is 3.47. The van der Waals surface area contributed by atoms with E-state index in [0.717, 1.165) is 29.9 Å². The molecule has 31 heavy (non-hydrogen) atoms. The second kappa shape index (κ2) is 7.61. The topological polar surface area (TPSA) is 87.9 Å². The van der Waals surface area contributed by atoms with Crippen molar-refractivity contribution in [2.75, 3.05) is 13.1 Å². The van der Waals surface area contributed by atoms with Crippen LogP contribution in [0.2, 0.25) is 0 Å². The fraction of sp³-hybridized carbons (Fsp3) is 0.348. The lowest BCUT2D eigenvalue weighted by atomic mass is 10.1. The Bertz CT molecular complexity index is 1200. The minimum Gasteiger partial charge on any atom is -0.332 e. The number of hydrogen-bond donors (Lipinski definition) is 0. The third kappa shape index (κ3) is 3.28. The molecule has 3 aromatic rings. The molecule has 1 saturated heterocycles. The highest BCUT2D eigenvalue weighted by Gasteiger charge is 2.36. The normalized spacial score (nSPS) is 18.3. The lowest BCUT2D eigenvalue weighted by Gasteiger charge is -2.24. The van der Waals surface area contributed by atoms with Gasteiger partial charge in [-0.2, -0.15) is 0 Å². The van der Waals surface area contributed by atoms with Gasteiger partial charge in [0.1, 0.15) is 0 Å². The molecule has 2 aliphatic heterocycles. The molecule has 158 valence electrons. The smallest absolute Gasteiger partial charge is 0.261 e. The molecule has 2 aromatic heterocycles. The van der Waals surface area contributed by atoms with Crippen molar-refractivity contribution in [3.05, 3.63) is 65.1 Å². The number of hydrogen-bond acceptors (Lipinski definition) is 5. The summed E-state index contributed by atoms with van der Waals surface area (Å²) in [5, 5.41) is 8.53. The first-order valence-electron chi connectivity index (χ1n) is 10.6. The molecule has 0 aliphatic carbocycles. The second-order valence-corrected chi connectivity index (χ2v) is 8.15. The van der Waals surface area contributed by atoms with Gasteiger partial charge in [-0.15, -0.1) is 10.2 Å². The van der Waals surface area contributed by atoms with Crippen molar-refractivity contribution in [1.82, 2.24) is 24.4 Å². The van der Waals surface area contributed by atoms with Gasteiger partial charge in [0.2, 0.25) is 5.91 Å². The Morgan fingerprint density at radius 2 is 1.94 bits per heavy atom. The number of imide groups is 1. The van der Waals surface area contributed by atoms with E-state index >= 15 is 0 Å². The van der Waals surface area contributed by atoms with Gasteiger partial charge in [0.05, 0.1) is 17.2 Å². The fourth-order valence-corrected chi connectivity index (χ4v) is 4.56. The number of pyridine rings is 1. The molecule has 3 amide bonds. The Balaban J connectivity index is 1.24.